The summed E-state index contributed by atoms with van der Waals surface area (Å²) in [6.07, 6.45) is 7.50. The maximum absolute atomic E-state index is 12.7. The van der Waals surface area contributed by atoms with E-state index in [0.717, 1.165) is 30.8 Å². The van der Waals surface area contributed by atoms with Gasteiger partial charge in [-0.25, -0.2) is 4.98 Å². The van der Waals surface area contributed by atoms with Crippen LogP contribution in [0.4, 0.5) is 0 Å². The predicted molar refractivity (Wildman–Crippen MR) is 94.3 cm³/mol. The average molecular weight is 356 g/mol. The van der Waals surface area contributed by atoms with Crippen LogP contribution in [0.5, 0.6) is 0 Å². The molecular formula is C18H24N6O2. The highest BCUT2D eigenvalue weighted by molar-refractivity contribution is 5.92. The molecule has 138 valence electrons. The maximum atomic E-state index is 12.7. The number of carbonyl (C=O) groups is 2. The number of nitrogens with one attached hydrogen (secondary N) is 2. The van der Waals surface area contributed by atoms with Crippen molar-refractivity contribution in [2.75, 3.05) is 0 Å². The van der Waals surface area contributed by atoms with Crippen molar-refractivity contribution >= 4 is 11.8 Å². The molecule has 2 aromatic rings. The molecule has 2 amide bonds. The molecule has 2 N–H and O–H groups in total. The topological polar surface area (TPSA) is 95.9 Å². The molecule has 3 heterocycles. The Balaban J connectivity index is 1.61. The Bertz CT molecular complexity index is 821. The summed E-state index contributed by atoms with van der Waals surface area (Å²) in [6.45, 7) is 2.01. The molecule has 26 heavy (non-hydrogen) atoms. The van der Waals surface area contributed by atoms with Crippen LogP contribution in [0.1, 0.15) is 60.7 Å². The average Bonchev–Trinajstić information content (AvgIpc) is 3.18. The fourth-order valence-electron chi connectivity index (χ4n) is 3.72. The summed E-state index contributed by atoms with van der Waals surface area (Å²) < 4.78 is 1.93. The Morgan fingerprint density at radius 1 is 1.38 bits per heavy atom. The van der Waals surface area contributed by atoms with E-state index in [1.54, 1.807) is 12.3 Å². The number of nitrogens with zero attached hydrogens (tertiary/aromatic N) is 4. The fraction of sp³-hybridized carbons (Fsp3) is 0.556. The third kappa shape index (κ3) is 3.00. The number of likely N-dealkylation sites (tertiary alicyclic amines) is 1. The Kier molecular flexibility index (Phi) is 4.26. The van der Waals surface area contributed by atoms with Gasteiger partial charge in [-0.3, -0.25) is 14.7 Å². The van der Waals surface area contributed by atoms with E-state index in [1.165, 1.54) is 0 Å². The van der Waals surface area contributed by atoms with Crippen LogP contribution in [0, 0.1) is 0 Å². The van der Waals surface area contributed by atoms with Crippen molar-refractivity contribution in [3.63, 3.8) is 0 Å². The number of aryl methyl sites for hydroxylation is 2. The summed E-state index contributed by atoms with van der Waals surface area (Å²) in [7, 11) is 1.92. The van der Waals surface area contributed by atoms with Gasteiger partial charge in [0.15, 0.2) is 0 Å². The molecule has 0 radical (unpaired) electrons. The molecule has 1 aliphatic heterocycles. The number of aromatic amines is 1. The second kappa shape index (κ2) is 6.59. The second-order valence-electron chi connectivity index (χ2n) is 7.12. The first kappa shape index (κ1) is 16.8. The normalized spacial score (nSPS) is 23.3. The largest absolute Gasteiger partial charge is 0.345 e. The first-order valence-corrected chi connectivity index (χ1v) is 9.22. The molecule has 0 unspecified atom stereocenters. The zero-order chi connectivity index (χ0) is 18.3. The number of piperidine rings is 1. The van der Waals surface area contributed by atoms with Crippen molar-refractivity contribution < 1.29 is 9.59 Å². The molecule has 2 atom stereocenters. The summed E-state index contributed by atoms with van der Waals surface area (Å²) in [5, 5.41) is 10.1. The molecule has 0 bridgehead atoms. The number of imidazole rings is 1. The molecule has 1 saturated heterocycles. The van der Waals surface area contributed by atoms with Gasteiger partial charge in [0.25, 0.3) is 5.91 Å². The van der Waals surface area contributed by atoms with Crippen LogP contribution in [0.15, 0.2) is 18.5 Å². The third-order valence-electron chi connectivity index (χ3n) is 5.26. The fourth-order valence-corrected chi connectivity index (χ4v) is 3.72. The van der Waals surface area contributed by atoms with E-state index in [9.17, 15) is 9.59 Å². The van der Waals surface area contributed by atoms with Gasteiger partial charge in [-0.2, -0.15) is 5.10 Å². The molecule has 8 heteroatoms. The van der Waals surface area contributed by atoms with Crippen molar-refractivity contribution in [3.8, 4) is 0 Å². The SMILES string of the molecule is CCc1cc(C(=O)N[C@@H]2CCC(=O)N(C3CC3)[C@H]2c2nccn2C)n[nH]1. The van der Waals surface area contributed by atoms with Crippen molar-refractivity contribution in [1.82, 2.24) is 30.0 Å². The van der Waals surface area contributed by atoms with E-state index in [1.807, 2.05) is 29.6 Å². The summed E-state index contributed by atoms with van der Waals surface area (Å²) in [5.41, 5.74) is 1.31. The molecule has 0 aromatic carbocycles. The Morgan fingerprint density at radius 3 is 2.81 bits per heavy atom. The highest BCUT2D eigenvalue weighted by Gasteiger charge is 2.46. The number of H-pyrrole nitrogens is 1. The van der Waals surface area contributed by atoms with Crippen LogP contribution in [0.3, 0.4) is 0 Å². The number of aromatic nitrogens is 4. The van der Waals surface area contributed by atoms with Gasteiger partial charge in [0.05, 0.1) is 6.04 Å². The highest BCUT2D eigenvalue weighted by atomic mass is 16.2. The lowest BCUT2D eigenvalue weighted by atomic mass is 9.94. The third-order valence-corrected chi connectivity index (χ3v) is 5.26. The summed E-state index contributed by atoms with van der Waals surface area (Å²) in [5.74, 6) is 0.751. The monoisotopic (exact) mass is 356 g/mol. The van der Waals surface area contributed by atoms with E-state index in [4.69, 9.17) is 0 Å². The van der Waals surface area contributed by atoms with Crippen LogP contribution in [-0.4, -0.2) is 48.5 Å². The van der Waals surface area contributed by atoms with Crippen LogP contribution >= 0.6 is 0 Å². The van der Waals surface area contributed by atoms with Gasteiger partial charge in [-0.05, 0) is 31.7 Å². The minimum Gasteiger partial charge on any atom is -0.345 e. The molecule has 4 rings (SSSR count). The lowest BCUT2D eigenvalue weighted by Gasteiger charge is -2.41. The van der Waals surface area contributed by atoms with Crippen molar-refractivity contribution in [2.45, 2.75) is 57.2 Å². The zero-order valence-electron chi connectivity index (χ0n) is 15.1. The molecule has 2 aliphatic rings. The predicted octanol–water partition coefficient (Wildman–Crippen LogP) is 1.33. The van der Waals surface area contributed by atoms with E-state index in [2.05, 4.69) is 20.5 Å². The Labute approximate surface area is 152 Å². The van der Waals surface area contributed by atoms with E-state index in [-0.39, 0.29) is 29.9 Å². The van der Waals surface area contributed by atoms with Crippen LogP contribution in [0.25, 0.3) is 0 Å². The number of amides is 2. The van der Waals surface area contributed by atoms with E-state index in [0.29, 0.717) is 18.5 Å². The molecule has 2 fully saturated rings. The van der Waals surface area contributed by atoms with Gasteiger partial charge in [0.1, 0.15) is 17.6 Å². The van der Waals surface area contributed by atoms with Crippen LogP contribution < -0.4 is 5.32 Å². The zero-order valence-corrected chi connectivity index (χ0v) is 15.1. The van der Waals surface area contributed by atoms with Crippen LogP contribution in [-0.2, 0) is 18.3 Å². The molecule has 1 aliphatic carbocycles. The Morgan fingerprint density at radius 2 is 2.19 bits per heavy atom. The van der Waals surface area contributed by atoms with Gasteiger partial charge < -0.3 is 14.8 Å². The first-order chi connectivity index (χ1) is 12.6. The van der Waals surface area contributed by atoms with Crippen molar-refractivity contribution in [3.05, 3.63) is 35.7 Å². The summed E-state index contributed by atoms with van der Waals surface area (Å²) in [6, 6.07) is 1.62. The highest BCUT2D eigenvalue weighted by Crippen LogP contribution is 2.40. The van der Waals surface area contributed by atoms with Gasteiger partial charge >= 0.3 is 0 Å². The van der Waals surface area contributed by atoms with E-state index >= 15 is 0 Å². The molecule has 2 aromatic heterocycles. The minimum atomic E-state index is -0.239. The van der Waals surface area contributed by atoms with Gasteiger partial charge in [0, 0.05) is 37.6 Å². The Hall–Kier alpha value is -2.64. The van der Waals surface area contributed by atoms with E-state index < -0.39 is 0 Å². The smallest absolute Gasteiger partial charge is 0.272 e. The molecule has 0 spiro atoms. The standard InChI is InChI=1S/C18H24N6O2/c1-3-11-10-14(22-21-11)18(26)20-13-6-7-15(25)24(12-4-5-12)16(13)17-19-8-9-23(17)2/h8-10,12-13,16H,3-7H2,1-2H3,(H,20,26)(H,21,22)/t13-,16-/m1/s1. The maximum Gasteiger partial charge on any atom is 0.272 e. The lowest BCUT2D eigenvalue weighted by molar-refractivity contribution is -0.138. The molecule has 1 saturated carbocycles. The lowest BCUT2D eigenvalue weighted by Crippen LogP contribution is -2.53. The van der Waals surface area contributed by atoms with Crippen molar-refractivity contribution in [2.24, 2.45) is 7.05 Å². The quantitative estimate of drug-likeness (QED) is 0.845. The molecule has 8 nitrogen and oxygen atoms in total. The van der Waals surface area contributed by atoms with Crippen molar-refractivity contribution in [1.29, 1.82) is 0 Å². The van der Waals surface area contributed by atoms with Gasteiger partial charge in [-0.15, -0.1) is 0 Å². The first-order valence-electron chi connectivity index (χ1n) is 9.22. The van der Waals surface area contributed by atoms with Crippen LogP contribution in [0.2, 0.25) is 0 Å². The number of rotatable bonds is 5. The number of hydrogen-bond acceptors (Lipinski definition) is 4. The summed E-state index contributed by atoms with van der Waals surface area (Å²) in [4.78, 5) is 31.7. The molecular weight excluding hydrogens is 332 g/mol. The number of hydrogen-bond donors (Lipinski definition) is 2. The van der Waals surface area contributed by atoms with Gasteiger partial charge in [0.2, 0.25) is 5.91 Å². The second-order valence-corrected chi connectivity index (χ2v) is 7.12. The number of carbonyl (C=O) groups excluding carboxylic acids is 2. The van der Waals surface area contributed by atoms with Gasteiger partial charge in [-0.1, -0.05) is 6.92 Å². The minimum absolute atomic E-state index is 0.152. The summed E-state index contributed by atoms with van der Waals surface area (Å²) >= 11 is 0.